The van der Waals surface area contributed by atoms with Gasteiger partial charge in [-0.1, -0.05) is 0 Å². The van der Waals surface area contributed by atoms with Gasteiger partial charge in [0, 0.05) is 22.3 Å². The molecule has 4 aromatic rings. The van der Waals surface area contributed by atoms with Gasteiger partial charge in [0.15, 0.2) is 0 Å². The number of halogens is 7. The first-order chi connectivity index (χ1) is 15.5. The minimum absolute atomic E-state index is 0.0927. The third-order valence-corrected chi connectivity index (χ3v) is 4.94. The Labute approximate surface area is 181 Å². The van der Waals surface area contributed by atoms with E-state index in [0.717, 1.165) is 11.0 Å². The first-order valence-electron chi connectivity index (χ1n) is 9.26. The molecule has 1 heterocycles. The minimum atomic E-state index is -5.29. The molecule has 0 saturated carbocycles. The van der Waals surface area contributed by atoms with Crippen LogP contribution in [0.1, 0.15) is 11.1 Å². The number of nitrogens with one attached hydrogen (secondary N) is 1. The molecule has 0 aliphatic carbocycles. The van der Waals surface area contributed by atoms with Crippen molar-refractivity contribution in [3.05, 3.63) is 77.6 Å². The van der Waals surface area contributed by atoms with Gasteiger partial charge in [0.05, 0.1) is 22.3 Å². The van der Waals surface area contributed by atoms with Crippen LogP contribution in [0.5, 0.6) is 0 Å². The number of hydrogen-bond acceptors (Lipinski definition) is 2. The number of H-pyrrole nitrogens is 1. The summed E-state index contributed by atoms with van der Waals surface area (Å²) >= 11 is 0. The van der Waals surface area contributed by atoms with Crippen LogP contribution in [0.15, 0.2) is 60.7 Å². The van der Waals surface area contributed by atoms with E-state index in [9.17, 15) is 35.5 Å². The van der Waals surface area contributed by atoms with Gasteiger partial charge in [-0.25, -0.2) is 4.39 Å². The van der Waals surface area contributed by atoms with Crippen LogP contribution in [0, 0.1) is 5.82 Å². The Morgan fingerprint density at radius 1 is 0.788 bits per heavy atom. The summed E-state index contributed by atoms with van der Waals surface area (Å²) in [5.41, 5.74) is -2.63. The number of anilines is 2. The van der Waals surface area contributed by atoms with Gasteiger partial charge in [0.1, 0.15) is 5.82 Å². The predicted molar refractivity (Wildman–Crippen MR) is 106 cm³/mol. The molecule has 0 unspecified atom stereocenters. The summed E-state index contributed by atoms with van der Waals surface area (Å²) in [5, 5.41) is 7.37. The van der Waals surface area contributed by atoms with Crippen LogP contribution in [-0.2, 0) is 17.1 Å². The molecule has 170 valence electrons. The number of benzene rings is 3. The molecule has 11 heteroatoms. The Balaban J connectivity index is 1.82. The lowest BCUT2D eigenvalue weighted by molar-refractivity contribution is -0.162. The van der Waals surface area contributed by atoms with Crippen LogP contribution in [0.3, 0.4) is 0 Å². The number of alkyl halides is 6. The molecule has 1 amide bonds. The summed E-state index contributed by atoms with van der Waals surface area (Å²) in [5.74, 6) is -0.464. The molecule has 1 aromatic heterocycles. The Morgan fingerprint density at radius 3 is 2.00 bits per heavy atom. The topological polar surface area (TPSA) is 49.0 Å². The molecule has 0 aliphatic heterocycles. The Kier molecular flexibility index (Phi) is 5.35. The first-order valence-corrected chi connectivity index (χ1v) is 9.26. The highest BCUT2D eigenvalue weighted by Gasteiger charge is 2.43. The van der Waals surface area contributed by atoms with Crippen molar-refractivity contribution in [3.8, 4) is 11.3 Å². The van der Waals surface area contributed by atoms with Crippen molar-refractivity contribution in [1.82, 2.24) is 10.2 Å². The molecule has 3 aromatic carbocycles. The van der Waals surface area contributed by atoms with Crippen molar-refractivity contribution in [2.24, 2.45) is 0 Å². The monoisotopic (exact) mass is 467 g/mol. The second kappa shape index (κ2) is 7.91. The van der Waals surface area contributed by atoms with Crippen molar-refractivity contribution < 1.29 is 35.5 Å². The lowest BCUT2D eigenvalue weighted by Crippen LogP contribution is -2.19. The molecule has 0 radical (unpaired) electrons. The van der Waals surface area contributed by atoms with E-state index in [2.05, 4.69) is 10.2 Å². The Hall–Kier alpha value is -3.89. The number of carbonyl (C=O) groups excluding carboxylic acids is 1. The van der Waals surface area contributed by atoms with E-state index in [0.29, 0.717) is 22.2 Å². The van der Waals surface area contributed by atoms with Gasteiger partial charge in [-0.3, -0.25) is 14.8 Å². The van der Waals surface area contributed by atoms with Crippen molar-refractivity contribution in [2.75, 3.05) is 4.90 Å². The molecule has 0 atom stereocenters. The molecule has 0 fully saturated rings. The number of hydrogen-bond donors (Lipinski definition) is 1. The largest absolute Gasteiger partial charge is 0.417 e. The molecular formula is C22H12F7N3O. The standard InChI is InChI=1S/C22H12F7N3O/c23-13-3-1-12(2-4-13)20-16-9-14(6-8-19(16)30-31-20)32(11-33)15-5-7-17(21(24,25)26)18(10-15)22(27,28)29/h1-11H,(H,30,31). The van der Waals surface area contributed by atoms with Gasteiger partial charge in [-0.15, -0.1) is 0 Å². The van der Waals surface area contributed by atoms with Gasteiger partial charge in [-0.05, 0) is 60.7 Å². The van der Waals surface area contributed by atoms with E-state index < -0.39 is 35.0 Å². The highest BCUT2D eigenvalue weighted by atomic mass is 19.4. The summed E-state index contributed by atoms with van der Waals surface area (Å²) in [6.07, 6.45) is -10.3. The smallest absolute Gasteiger partial charge is 0.284 e. The fourth-order valence-corrected chi connectivity index (χ4v) is 3.41. The van der Waals surface area contributed by atoms with E-state index in [1.54, 1.807) is 0 Å². The summed E-state index contributed by atoms with van der Waals surface area (Å²) in [6, 6.07) is 11.1. The third-order valence-electron chi connectivity index (χ3n) is 4.94. The molecule has 0 spiro atoms. The Morgan fingerprint density at radius 2 is 1.39 bits per heavy atom. The van der Waals surface area contributed by atoms with Crippen LogP contribution in [0.2, 0.25) is 0 Å². The second-order valence-electron chi connectivity index (χ2n) is 7.01. The van der Waals surface area contributed by atoms with E-state index in [1.165, 1.54) is 42.5 Å². The lowest BCUT2D eigenvalue weighted by atomic mass is 10.0. The van der Waals surface area contributed by atoms with E-state index in [-0.39, 0.29) is 24.2 Å². The fourth-order valence-electron chi connectivity index (χ4n) is 3.41. The summed E-state index contributed by atoms with van der Waals surface area (Å²) in [7, 11) is 0. The SMILES string of the molecule is O=CN(c1ccc(C(F)(F)F)c(C(F)(F)F)c1)c1ccc2[nH]nc(-c3ccc(F)cc3)c2c1. The van der Waals surface area contributed by atoms with Crippen molar-refractivity contribution >= 4 is 28.7 Å². The highest BCUT2D eigenvalue weighted by Crippen LogP contribution is 2.42. The van der Waals surface area contributed by atoms with Crippen LogP contribution in [-0.4, -0.2) is 16.6 Å². The number of amides is 1. The fraction of sp³-hybridized carbons (Fsp3) is 0.0909. The zero-order valence-corrected chi connectivity index (χ0v) is 16.3. The number of fused-ring (bicyclic) bond motifs is 1. The summed E-state index contributed by atoms with van der Waals surface area (Å²) in [4.78, 5) is 12.6. The predicted octanol–water partition coefficient (Wildman–Crippen LogP) is 6.70. The average Bonchev–Trinajstić information content (AvgIpc) is 3.17. The summed E-state index contributed by atoms with van der Waals surface area (Å²) in [6.45, 7) is 0. The van der Waals surface area contributed by atoms with E-state index in [1.807, 2.05) is 0 Å². The number of rotatable bonds is 4. The zero-order valence-electron chi connectivity index (χ0n) is 16.3. The summed E-state index contributed by atoms with van der Waals surface area (Å²) < 4.78 is 92.4. The van der Waals surface area contributed by atoms with Crippen LogP contribution in [0.25, 0.3) is 22.2 Å². The zero-order chi connectivity index (χ0) is 24.0. The number of aromatic amines is 1. The highest BCUT2D eigenvalue weighted by molar-refractivity contribution is 5.98. The third kappa shape index (κ3) is 4.26. The maximum atomic E-state index is 13.3. The van der Waals surface area contributed by atoms with Gasteiger partial charge in [0.25, 0.3) is 0 Å². The van der Waals surface area contributed by atoms with E-state index >= 15 is 0 Å². The number of aromatic nitrogens is 2. The second-order valence-corrected chi connectivity index (χ2v) is 7.01. The quantitative estimate of drug-likeness (QED) is 0.268. The molecule has 4 nitrogen and oxygen atoms in total. The molecule has 0 saturated heterocycles. The van der Waals surface area contributed by atoms with E-state index in [4.69, 9.17) is 0 Å². The van der Waals surface area contributed by atoms with Crippen LogP contribution >= 0.6 is 0 Å². The van der Waals surface area contributed by atoms with Gasteiger partial charge < -0.3 is 0 Å². The van der Waals surface area contributed by atoms with Gasteiger partial charge in [0.2, 0.25) is 6.41 Å². The lowest BCUT2D eigenvalue weighted by Gasteiger charge is -2.22. The number of nitrogens with zero attached hydrogens (tertiary/aromatic N) is 2. The van der Waals surface area contributed by atoms with Crippen molar-refractivity contribution in [2.45, 2.75) is 12.4 Å². The molecule has 0 bridgehead atoms. The molecule has 1 N–H and O–H groups in total. The number of carbonyl (C=O) groups is 1. The van der Waals surface area contributed by atoms with Crippen LogP contribution < -0.4 is 4.90 Å². The van der Waals surface area contributed by atoms with Gasteiger partial charge in [-0.2, -0.15) is 31.4 Å². The molecule has 4 rings (SSSR count). The maximum Gasteiger partial charge on any atom is 0.417 e. The minimum Gasteiger partial charge on any atom is -0.284 e. The molecular weight excluding hydrogens is 455 g/mol. The van der Waals surface area contributed by atoms with Gasteiger partial charge >= 0.3 is 12.4 Å². The molecule has 33 heavy (non-hydrogen) atoms. The first kappa shape index (κ1) is 22.3. The van der Waals surface area contributed by atoms with Crippen LogP contribution in [0.4, 0.5) is 42.1 Å². The van der Waals surface area contributed by atoms with Crippen molar-refractivity contribution in [1.29, 1.82) is 0 Å². The Bertz CT molecular complexity index is 1320. The molecule has 0 aliphatic rings. The van der Waals surface area contributed by atoms with Crippen molar-refractivity contribution in [3.63, 3.8) is 0 Å². The average molecular weight is 467 g/mol. The maximum absolute atomic E-state index is 13.3. The normalized spacial score (nSPS) is 12.2.